The van der Waals surface area contributed by atoms with Crippen molar-refractivity contribution in [3.8, 4) is 0 Å². The van der Waals surface area contributed by atoms with Crippen molar-refractivity contribution in [2.75, 3.05) is 23.3 Å². The van der Waals surface area contributed by atoms with Crippen molar-refractivity contribution < 1.29 is 13.6 Å². The molecule has 5 rings (SSSR count). The fraction of sp³-hybridized carbons (Fsp3) is 0.261. The molecule has 1 amide bonds. The van der Waals surface area contributed by atoms with Crippen molar-refractivity contribution in [3.05, 3.63) is 59.1 Å². The lowest BCUT2D eigenvalue weighted by molar-refractivity contribution is 0.101. The second kappa shape index (κ2) is 8.15. The Kier molecular flexibility index (Phi) is 5.19. The van der Waals surface area contributed by atoms with E-state index in [1.165, 1.54) is 12.1 Å². The highest BCUT2D eigenvalue weighted by Crippen LogP contribution is 2.34. The first-order valence-electron chi connectivity index (χ1n) is 10.3. The molecule has 3 heterocycles. The molecule has 1 aliphatic heterocycles. The number of fused-ring (bicyclic) bond motifs is 3. The third-order valence-corrected chi connectivity index (χ3v) is 5.72. The molecule has 0 bridgehead atoms. The van der Waals surface area contributed by atoms with Crippen LogP contribution in [0.2, 0.25) is 5.02 Å². The topological polar surface area (TPSA) is 71.3 Å². The Balaban J connectivity index is 1.62. The van der Waals surface area contributed by atoms with Gasteiger partial charge in [-0.2, -0.15) is 0 Å². The van der Waals surface area contributed by atoms with Crippen molar-refractivity contribution in [1.29, 1.82) is 0 Å². The summed E-state index contributed by atoms with van der Waals surface area (Å²) in [4.78, 5) is 24.2. The van der Waals surface area contributed by atoms with Crippen LogP contribution in [0.15, 0.2) is 46.9 Å². The largest absolute Gasteiger partial charge is 0.450 e. The SMILES string of the molecule is O=C(Nc1ccc(Cl)cc1F)c1nc(N2CCCCCC2)c2oc3ccccc3c2n1. The van der Waals surface area contributed by atoms with E-state index < -0.39 is 11.7 Å². The Labute approximate surface area is 183 Å². The van der Waals surface area contributed by atoms with Crippen molar-refractivity contribution >= 4 is 51.1 Å². The number of hydrogen-bond acceptors (Lipinski definition) is 5. The smallest absolute Gasteiger partial charge is 0.293 e. The zero-order chi connectivity index (χ0) is 21.4. The van der Waals surface area contributed by atoms with Gasteiger partial charge in [-0.05, 0) is 43.2 Å². The fourth-order valence-electron chi connectivity index (χ4n) is 3.94. The number of anilines is 2. The number of aromatic nitrogens is 2. The molecule has 1 aliphatic rings. The molecular weight excluding hydrogens is 419 g/mol. The number of nitrogens with zero attached hydrogens (tertiary/aromatic N) is 3. The van der Waals surface area contributed by atoms with E-state index in [4.69, 9.17) is 16.0 Å². The van der Waals surface area contributed by atoms with Crippen LogP contribution in [0.25, 0.3) is 22.1 Å². The number of carbonyl (C=O) groups is 1. The molecular formula is C23H20ClFN4O2. The molecule has 1 N–H and O–H groups in total. The summed E-state index contributed by atoms with van der Waals surface area (Å²) in [6.07, 6.45) is 4.41. The lowest BCUT2D eigenvalue weighted by Crippen LogP contribution is -2.27. The van der Waals surface area contributed by atoms with Gasteiger partial charge in [0, 0.05) is 23.5 Å². The Hall–Kier alpha value is -3.19. The van der Waals surface area contributed by atoms with Crippen molar-refractivity contribution in [2.45, 2.75) is 25.7 Å². The van der Waals surface area contributed by atoms with Gasteiger partial charge in [-0.1, -0.05) is 36.6 Å². The van der Waals surface area contributed by atoms with Crippen molar-refractivity contribution in [1.82, 2.24) is 9.97 Å². The Morgan fingerprint density at radius 3 is 2.61 bits per heavy atom. The standard InChI is InChI=1S/C23H20ClFN4O2/c24-14-9-10-17(16(25)13-14)26-23(30)21-27-19-15-7-3-4-8-18(15)31-20(19)22(28-21)29-11-5-1-2-6-12-29/h3-4,7-10,13H,1-2,5-6,11-12H2,(H,26,30). The highest BCUT2D eigenvalue weighted by molar-refractivity contribution is 6.30. The molecule has 31 heavy (non-hydrogen) atoms. The van der Waals surface area contributed by atoms with Gasteiger partial charge < -0.3 is 14.6 Å². The summed E-state index contributed by atoms with van der Waals surface area (Å²) in [5.74, 6) is -0.648. The normalized spacial score (nSPS) is 14.7. The van der Waals surface area contributed by atoms with Gasteiger partial charge in [0.1, 0.15) is 16.9 Å². The molecule has 0 saturated carbocycles. The van der Waals surface area contributed by atoms with Gasteiger partial charge in [0.2, 0.25) is 5.82 Å². The summed E-state index contributed by atoms with van der Waals surface area (Å²) in [6, 6.07) is 11.6. The van der Waals surface area contributed by atoms with Gasteiger partial charge in [0.05, 0.1) is 5.69 Å². The summed E-state index contributed by atoms with van der Waals surface area (Å²) in [6.45, 7) is 1.66. The monoisotopic (exact) mass is 438 g/mol. The van der Waals surface area contributed by atoms with Crippen LogP contribution in [-0.2, 0) is 0 Å². The van der Waals surface area contributed by atoms with E-state index in [1.807, 2.05) is 24.3 Å². The number of para-hydroxylation sites is 1. The second-order valence-electron chi connectivity index (χ2n) is 7.63. The minimum atomic E-state index is -0.622. The number of carbonyl (C=O) groups excluding carboxylic acids is 1. The van der Waals surface area contributed by atoms with Crippen LogP contribution in [0.4, 0.5) is 15.9 Å². The minimum Gasteiger partial charge on any atom is -0.450 e. The Bertz CT molecular complexity index is 1280. The third-order valence-electron chi connectivity index (χ3n) is 5.49. The molecule has 1 saturated heterocycles. The van der Waals surface area contributed by atoms with E-state index in [-0.39, 0.29) is 16.5 Å². The molecule has 0 radical (unpaired) electrons. The van der Waals surface area contributed by atoms with Gasteiger partial charge in [-0.25, -0.2) is 14.4 Å². The number of nitrogens with one attached hydrogen (secondary N) is 1. The molecule has 6 nitrogen and oxygen atoms in total. The van der Waals surface area contributed by atoms with E-state index in [9.17, 15) is 9.18 Å². The van der Waals surface area contributed by atoms with Gasteiger partial charge in [0.15, 0.2) is 11.4 Å². The number of furan rings is 1. The third kappa shape index (κ3) is 3.81. The summed E-state index contributed by atoms with van der Waals surface area (Å²) in [5.41, 5.74) is 1.85. The van der Waals surface area contributed by atoms with Crippen molar-refractivity contribution in [3.63, 3.8) is 0 Å². The first kappa shape index (κ1) is 19.8. The highest BCUT2D eigenvalue weighted by Gasteiger charge is 2.24. The van der Waals surface area contributed by atoms with E-state index >= 15 is 0 Å². The predicted molar refractivity (Wildman–Crippen MR) is 119 cm³/mol. The highest BCUT2D eigenvalue weighted by atomic mass is 35.5. The van der Waals surface area contributed by atoms with Crippen LogP contribution >= 0.6 is 11.6 Å². The molecule has 0 spiro atoms. The predicted octanol–water partition coefficient (Wildman–Crippen LogP) is 5.80. The maximum Gasteiger partial charge on any atom is 0.293 e. The van der Waals surface area contributed by atoms with Crippen molar-refractivity contribution in [2.24, 2.45) is 0 Å². The summed E-state index contributed by atoms with van der Waals surface area (Å²) in [5, 5.41) is 3.61. The average molecular weight is 439 g/mol. The zero-order valence-electron chi connectivity index (χ0n) is 16.7. The molecule has 2 aromatic heterocycles. The van der Waals surface area contributed by atoms with Crippen LogP contribution in [0.5, 0.6) is 0 Å². The number of benzene rings is 2. The number of rotatable bonds is 3. The summed E-state index contributed by atoms with van der Waals surface area (Å²) >= 11 is 5.81. The maximum atomic E-state index is 14.2. The molecule has 8 heteroatoms. The molecule has 2 aromatic carbocycles. The first-order valence-corrected chi connectivity index (χ1v) is 10.7. The molecule has 0 atom stereocenters. The van der Waals surface area contributed by atoms with Gasteiger partial charge in [-0.3, -0.25) is 4.79 Å². The quantitative estimate of drug-likeness (QED) is 0.437. The molecule has 4 aromatic rings. The summed E-state index contributed by atoms with van der Waals surface area (Å²) in [7, 11) is 0. The van der Waals surface area contributed by atoms with Crippen LogP contribution < -0.4 is 10.2 Å². The molecule has 0 unspecified atom stereocenters. The molecule has 158 valence electrons. The molecule has 1 fully saturated rings. The Morgan fingerprint density at radius 1 is 1.06 bits per heavy atom. The number of hydrogen-bond donors (Lipinski definition) is 1. The molecule has 0 aliphatic carbocycles. The van der Waals surface area contributed by atoms with Crippen LogP contribution in [0.1, 0.15) is 36.3 Å². The van der Waals surface area contributed by atoms with Crippen LogP contribution in [0, 0.1) is 5.82 Å². The van der Waals surface area contributed by atoms with Crippen LogP contribution in [-0.4, -0.2) is 29.0 Å². The lowest BCUT2D eigenvalue weighted by Gasteiger charge is -2.21. The minimum absolute atomic E-state index is 0.0199. The van der Waals surface area contributed by atoms with Crippen LogP contribution in [0.3, 0.4) is 0 Å². The maximum absolute atomic E-state index is 14.2. The first-order chi connectivity index (χ1) is 15.1. The zero-order valence-corrected chi connectivity index (χ0v) is 17.5. The Morgan fingerprint density at radius 2 is 1.84 bits per heavy atom. The van der Waals surface area contributed by atoms with E-state index in [1.54, 1.807) is 0 Å². The van der Waals surface area contributed by atoms with E-state index in [0.29, 0.717) is 22.5 Å². The van der Waals surface area contributed by atoms with Gasteiger partial charge in [-0.15, -0.1) is 0 Å². The van der Waals surface area contributed by atoms with Gasteiger partial charge in [0.25, 0.3) is 5.91 Å². The van der Waals surface area contributed by atoms with E-state index in [0.717, 1.165) is 50.2 Å². The number of halogens is 2. The number of amides is 1. The second-order valence-corrected chi connectivity index (χ2v) is 8.06. The van der Waals surface area contributed by atoms with Gasteiger partial charge >= 0.3 is 0 Å². The summed E-state index contributed by atoms with van der Waals surface area (Å²) < 4.78 is 20.3. The fourth-order valence-corrected chi connectivity index (χ4v) is 4.10. The average Bonchev–Trinajstić information content (AvgIpc) is 2.93. The lowest BCUT2D eigenvalue weighted by atomic mass is 10.2. The van der Waals surface area contributed by atoms with E-state index in [2.05, 4.69) is 20.2 Å².